The monoisotopic (exact) mass is 453 g/mol. The molecule has 2 aromatic carbocycles. The van der Waals surface area contributed by atoms with Crippen LogP contribution in [0.1, 0.15) is 16.1 Å². The zero-order valence-corrected chi connectivity index (χ0v) is 17.7. The molecule has 0 saturated carbocycles. The maximum Gasteiger partial charge on any atom is 0.262 e. The smallest absolute Gasteiger partial charge is 0.262 e. The standard InChI is InChI=1S/C22H16ClN3O4S/c23-15-8-9-17-18(11-15)24-22(26(21(17)29)12-16-7-4-10-30-16)31-13-19(27)25-20(28)14-5-2-1-3-6-14/h1-11H,12-13H2,(H,25,27,28). The molecule has 9 heteroatoms. The minimum atomic E-state index is -0.496. The number of thioether (sulfide) groups is 1. The highest BCUT2D eigenvalue weighted by atomic mass is 35.5. The fourth-order valence-corrected chi connectivity index (χ4v) is 3.90. The molecule has 0 spiro atoms. The van der Waals surface area contributed by atoms with Crippen LogP contribution in [-0.2, 0) is 11.3 Å². The van der Waals surface area contributed by atoms with Crippen LogP contribution in [0.2, 0.25) is 5.02 Å². The van der Waals surface area contributed by atoms with Gasteiger partial charge in [-0.15, -0.1) is 0 Å². The number of rotatable bonds is 6. The summed E-state index contributed by atoms with van der Waals surface area (Å²) in [5.41, 5.74) is 0.534. The Kier molecular flexibility index (Phi) is 6.20. The van der Waals surface area contributed by atoms with Crippen molar-refractivity contribution in [2.75, 3.05) is 5.75 Å². The summed E-state index contributed by atoms with van der Waals surface area (Å²) >= 11 is 7.10. The van der Waals surface area contributed by atoms with Crippen molar-refractivity contribution in [1.82, 2.24) is 14.9 Å². The predicted molar refractivity (Wildman–Crippen MR) is 118 cm³/mol. The van der Waals surface area contributed by atoms with Crippen LogP contribution in [0.3, 0.4) is 0 Å². The van der Waals surface area contributed by atoms with Gasteiger partial charge in [-0.05, 0) is 42.5 Å². The number of furan rings is 1. The number of nitrogens with one attached hydrogen (secondary N) is 1. The summed E-state index contributed by atoms with van der Waals surface area (Å²) in [6, 6.07) is 16.8. The molecule has 1 N–H and O–H groups in total. The minimum absolute atomic E-state index is 0.102. The number of aromatic nitrogens is 2. The van der Waals surface area contributed by atoms with Crippen LogP contribution in [-0.4, -0.2) is 27.1 Å². The number of carbonyl (C=O) groups is 2. The van der Waals surface area contributed by atoms with Crippen molar-refractivity contribution in [3.05, 3.63) is 93.6 Å². The number of imide groups is 1. The zero-order valence-electron chi connectivity index (χ0n) is 16.1. The Morgan fingerprint density at radius 2 is 1.90 bits per heavy atom. The Labute approximate surface area is 186 Å². The van der Waals surface area contributed by atoms with Crippen molar-refractivity contribution >= 4 is 46.1 Å². The van der Waals surface area contributed by atoms with E-state index in [4.69, 9.17) is 16.0 Å². The van der Waals surface area contributed by atoms with Gasteiger partial charge in [0.05, 0.1) is 29.5 Å². The first-order valence-electron chi connectivity index (χ1n) is 9.26. The third-order valence-electron chi connectivity index (χ3n) is 4.40. The summed E-state index contributed by atoms with van der Waals surface area (Å²) in [4.78, 5) is 42.1. The number of benzene rings is 2. The largest absolute Gasteiger partial charge is 0.467 e. The van der Waals surface area contributed by atoms with Gasteiger partial charge in [-0.1, -0.05) is 41.6 Å². The molecular weight excluding hydrogens is 438 g/mol. The molecule has 2 amide bonds. The van der Waals surface area contributed by atoms with Crippen LogP contribution < -0.4 is 10.9 Å². The highest BCUT2D eigenvalue weighted by molar-refractivity contribution is 7.99. The molecule has 0 unspecified atom stereocenters. The Hall–Kier alpha value is -3.36. The number of nitrogens with zero attached hydrogens (tertiary/aromatic N) is 2. The topological polar surface area (TPSA) is 94.2 Å². The van der Waals surface area contributed by atoms with Crippen LogP contribution in [0.15, 0.2) is 81.3 Å². The molecule has 31 heavy (non-hydrogen) atoms. The van der Waals surface area contributed by atoms with Crippen molar-refractivity contribution < 1.29 is 14.0 Å². The van der Waals surface area contributed by atoms with Gasteiger partial charge in [0.15, 0.2) is 5.16 Å². The lowest BCUT2D eigenvalue weighted by atomic mass is 10.2. The lowest BCUT2D eigenvalue weighted by molar-refractivity contribution is -0.117. The van der Waals surface area contributed by atoms with E-state index >= 15 is 0 Å². The number of halogens is 1. The molecule has 0 saturated heterocycles. The molecule has 0 fully saturated rings. The summed E-state index contributed by atoms with van der Waals surface area (Å²) in [7, 11) is 0. The van der Waals surface area contributed by atoms with E-state index in [-0.39, 0.29) is 17.9 Å². The first kappa shape index (κ1) is 20.9. The van der Waals surface area contributed by atoms with Gasteiger partial charge < -0.3 is 4.42 Å². The van der Waals surface area contributed by atoms with Gasteiger partial charge in [0.1, 0.15) is 5.76 Å². The molecule has 0 atom stereocenters. The zero-order chi connectivity index (χ0) is 21.8. The van der Waals surface area contributed by atoms with Crippen molar-refractivity contribution in [3.63, 3.8) is 0 Å². The lowest BCUT2D eigenvalue weighted by Gasteiger charge is -2.12. The van der Waals surface area contributed by atoms with E-state index in [1.165, 1.54) is 10.8 Å². The van der Waals surface area contributed by atoms with E-state index in [9.17, 15) is 14.4 Å². The predicted octanol–water partition coefficient (Wildman–Crippen LogP) is 3.74. The van der Waals surface area contributed by atoms with Gasteiger partial charge in [-0.25, -0.2) is 4.98 Å². The van der Waals surface area contributed by atoms with Gasteiger partial charge in [-0.3, -0.25) is 24.3 Å². The van der Waals surface area contributed by atoms with Crippen LogP contribution in [0.4, 0.5) is 0 Å². The van der Waals surface area contributed by atoms with E-state index < -0.39 is 11.8 Å². The fraction of sp³-hybridized carbons (Fsp3) is 0.0909. The molecule has 4 aromatic rings. The van der Waals surface area contributed by atoms with E-state index in [1.54, 1.807) is 60.7 Å². The first-order valence-corrected chi connectivity index (χ1v) is 10.6. The summed E-state index contributed by atoms with van der Waals surface area (Å²) in [5, 5.41) is 3.51. The molecule has 0 aliphatic heterocycles. The summed E-state index contributed by atoms with van der Waals surface area (Å²) in [6.45, 7) is 0.157. The SMILES string of the molecule is O=C(CSc1nc2cc(Cl)ccc2c(=O)n1Cc1ccco1)NC(=O)c1ccccc1. The van der Waals surface area contributed by atoms with E-state index in [1.807, 2.05) is 0 Å². The highest BCUT2D eigenvalue weighted by Gasteiger charge is 2.16. The average Bonchev–Trinajstić information content (AvgIpc) is 3.28. The Morgan fingerprint density at radius 1 is 1.10 bits per heavy atom. The second kappa shape index (κ2) is 9.20. The minimum Gasteiger partial charge on any atom is -0.467 e. The first-order chi connectivity index (χ1) is 15.0. The number of hydrogen-bond acceptors (Lipinski definition) is 6. The van der Waals surface area contributed by atoms with Crippen LogP contribution in [0.25, 0.3) is 10.9 Å². The fourth-order valence-electron chi connectivity index (χ4n) is 2.94. The van der Waals surface area contributed by atoms with E-state index in [0.717, 1.165) is 11.8 Å². The molecule has 7 nitrogen and oxygen atoms in total. The quantitative estimate of drug-likeness (QED) is 0.353. The normalized spacial score (nSPS) is 10.9. The molecule has 156 valence electrons. The maximum atomic E-state index is 13.1. The Morgan fingerprint density at radius 3 is 2.65 bits per heavy atom. The maximum absolute atomic E-state index is 13.1. The molecular formula is C22H16ClN3O4S. The molecule has 0 aliphatic carbocycles. The number of carbonyl (C=O) groups excluding carboxylic acids is 2. The molecule has 4 rings (SSSR count). The Balaban J connectivity index is 1.58. The number of hydrogen-bond donors (Lipinski definition) is 1. The van der Waals surface area contributed by atoms with Crippen molar-refractivity contribution in [2.24, 2.45) is 0 Å². The Bertz CT molecular complexity index is 1300. The molecule has 0 radical (unpaired) electrons. The number of fused-ring (bicyclic) bond motifs is 1. The van der Waals surface area contributed by atoms with Crippen molar-refractivity contribution in [2.45, 2.75) is 11.7 Å². The summed E-state index contributed by atoms with van der Waals surface area (Å²) < 4.78 is 6.80. The van der Waals surface area contributed by atoms with Gasteiger partial charge in [0, 0.05) is 10.6 Å². The summed E-state index contributed by atoms with van der Waals surface area (Å²) in [6.07, 6.45) is 1.52. The molecule has 0 bridgehead atoms. The second-order valence-electron chi connectivity index (χ2n) is 6.56. The van der Waals surface area contributed by atoms with Gasteiger partial charge in [-0.2, -0.15) is 0 Å². The van der Waals surface area contributed by atoms with Crippen LogP contribution in [0, 0.1) is 0 Å². The van der Waals surface area contributed by atoms with Crippen molar-refractivity contribution in [1.29, 1.82) is 0 Å². The van der Waals surface area contributed by atoms with E-state index in [2.05, 4.69) is 10.3 Å². The van der Waals surface area contributed by atoms with E-state index in [0.29, 0.717) is 32.4 Å². The highest BCUT2D eigenvalue weighted by Crippen LogP contribution is 2.21. The molecule has 2 aromatic heterocycles. The average molecular weight is 454 g/mol. The third kappa shape index (κ3) is 4.87. The lowest BCUT2D eigenvalue weighted by Crippen LogP contribution is -2.32. The molecule has 2 heterocycles. The van der Waals surface area contributed by atoms with Crippen molar-refractivity contribution in [3.8, 4) is 0 Å². The number of amides is 2. The molecule has 0 aliphatic rings. The van der Waals surface area contributed by atoms with Gasteiger partial charge in [0.2, 0.25) is 5.91 Å². The second-order valence-corrected chi connectivity index (χ2v) is 7.94. The van der Waals surface area contributed by atoms with Gasteiger partial charge >= 0.3 is 0 Å². The van der Waals surface area contributed by atoms with Crippen LogP contribution >= 0.6 is 23.4 Å². The van der Waals surface area contributed by atoms with Crippen LogP contribution in [0.5, 0.6) is 0 Å². The summed E-state index contributed by atoms with van der Waals surface area (Å²) in [5.74, 6) is -0.515. The van der Waals surface area contributed by atoms with Gasteiger partial charge in [0.25, 0.3) is 11.5 Å². The third-order valence-corrected chi connectivity index (χ3v) is 5.61.